The maximum Gasteiger partial charge on any atom is 0.265 e. The summed E-state index contributed by atoms with van der Waals surface area (Å²) in [5.74, 6) is -0.145. The molecule has 0 spiro atoms. The summed E-state index contributed by atoms with van der Waals surface area (Å²) >= 11 is 8.04. The maximum atomic E-state index is 13.0. The predicted octanol–water partition coefficient (Wildman–Crippen LogP) is 5.49. The number of anilines is 2. The molecule has 1 saturated heterocycles. The van der Waals surface area contributed by atoms with Crippen molar-refractivity contribution >= 4 is 50.4 Å². The van der Waals surface area contributed by atoms with E-state index >= 15 is 0 Å². The number of para-hydroxylation sites is 1. The summed E-state index contributed by atoms with van der Waals surface area (Å²) in [4.78, 5) is 16.9. The number of aromatic nitrogens is 2. The van der Waals surface area contributed by atoms with Gasteiger partial charge in [-0.05, 0) is 63.2 Å². The summed E-state index contributed by atoms with van der Waals surface area (Å²) < 4.78 is 1.90. The molecule has 1 amide bonds. The fraction of sp³-hybridized carbons (Fsp3) is 0.280. The fourth-order valence-electron chi connectivity index (χ4n) is 4.35. The van der Waals surface area contributed by atoms with E-state index in [0.717, 1.165) is 53.2 Å². The van der Waals surface area contributed by atoms with E-state index in [9.17, 15) is 4.79 Å². The maximum absolute atomic E-state index is 13.0. The van der Waals surface area contributed by atoms with E-state index in [1.165, 1.54) is 11.3 Å². The van der Waals surface area contributed by atoms with E-state index in [0.29, 0.717) is 21.6 Å². The molecule has 1 aliphatic rings. The number of hydrogen-bond acceptors (Lipinski definition) is 5. The molecule has 0 unspecified atom stereocenters. The average molecular weight is 480 g/mol. The number of fused-ring (bicyclic) bond motifs is 1. The van der Waals surface area contributed by atoms with Crippen LogP contribution in [0, 0.1) is 6.92 Å². The molecule has 2 N–H and O–H groups in total. The zero-order chi connectivity index (χ0) is 22.9. The largest absolute Gasteiger partial charge is 0.370 e. The number of carbonyl (C=O) groups excluding carboxylic acids is 1. The van der Waals surface area contributed by atoms with Crippen LogP contribution in [0.1, 0.15) is 28.2 Å². The lowest BCUT2D eigenvalue weighted by atomic mass is 10.0. The standard InChI is InChI=1S/C25H26ClN5OS/c1-16-20-15-23(33-25(20)31(29-16)19-6-4-3-5-7-19)24(32)28-18-8-9-22(21(26)14-18)30-12-10-17(27-2)11-13-30/h3-9,14-15,17,27H,10-13H2,1-2H3,(H,28,32). The minimum atomic E-state index is -0.145. The third kappa shape index (κ3) is 4.36. The molecule has 6 nitrogen and oxygen atoms in total. The van der Waals surface area contributed by atoms with Gasteiger partial charge in [0.1, 0.15) is 4.83 Å². The molecule has 1 fully saturated rings. The van der Waals surface area contributed by atoms with Crippen molar-refractivity contribution in [1.29, 1.82) is 0 Å². The third-order valence-electron chi connectivity index (χ3n) is 6.22. The first kappa shape index (κ1) is 21.9. The van der Waals surface area contributed by atoms with E-state index in [4.69, 9.17) is 11.6 Å². The van der Waals surface area contributed by atoms with Gasteiger partial charge in [-0.1, -0.05) is 29.8 Å². The first-order valence-corrected chi connectivity index (χ1v) is 12.3. The molecule has 0 saturated carbocycles. The highest BCUT2D eigenvalue weighted by Crippen LogP contribution is 2.33. The molecule has 1 aliphatic heterocycles. The van der Waals surface area contributed by atoms with Gasteiger partial charge in [0, 0.05) is 30.2 Å². The van der Waals surface area contributed by atoms with Crippen molar-refractivity contribution in [2.45, 2.75) is 25.8 Å². The van der Waals surface area contributed by atoms with Crippen molar-refractivity contribution in [1.82, 2.24) is 15.1 Å². The molecule has 0 bridgehead atoms. The number of amides is 1. The number of piperidine rings is 1. The number of nitrogens with one attached hydrogen (secondary N) is 2. The lowest BCUT2D eigenvalue weighted by molar-refractivity contribution is 0.103. The second kappa shape index (κ2) is 9.17. The van der Waals surface area contributed by atoms with Crippen LogP contribution < -0.4 is 15.5 Å². The highest BCUT2D eigenvalue weighted by atomic mass is 35.5. The highest BCUT2D eigenvalue weighted by molar-refractivity contribution is 7.20. The smallest absolute Gasteiger partial charge is 0.265 e. The topological polar surface area (TPSA) is 62.2 Å². The molecule has 0 aliphatic carbocycles. The van der Waals surface area contributed by atoms with Crippen LogP contribution >= 0.6 is 22.9 Å². The van der Waals surface area contributed by atoms with Gasteiger partial charge in [0.2, 0.25) is 0 Å². The zero-order valence-electron chi connectivity index (χ0n) is 18.6. The van der Waals surface area contributed by atoms with E-state index < -0.39 is 0 Å². The molecule has 170 valence electrons. The second-order valence-corrected chi connectivity index (χ2v) is 9.77. The fourth-order valence-corrected chi connectivity index (χ4v) is 5.72. The lowest BCUT2D eigenvalue weighted by Crippen LogP contribution is -2.41. The van der Waals surface area contributed by atoms with Crippen LogP contribution in [-0.4, -0.2) is 41.9 Å². The van der Waals surface area contributed by atoms with Crippen LogP contribution in [0.4, 0.5) is 11.4 Å². The van der Waals surface area contributed by atoms with Gasteiger partial charge in [-0.15, -0.1) is 11.3 Å². The molecule has 8 heteroatoms. The second-order valence-electron chi connectivity index (χ2n) is 8.33. The van der Waals surface area contributed by atoms with Gasteiger partial charge < -0.3 is 15.5 Å². The Bertz CT molecular complexity index is 1290. The molecule has 5 rings (SSSR count). The Labute approximate surface area is 202 Å². The number of benzene rings is 2. The summed E-state index contributed by atoms with van der Waals surface area (Å²) in [6.07, 6.45) is 2.19. The predicted molar refractivity (Wildman–Crippen MR) is 137 cm³/mol. The quantitative estimate of drug-likeness (QED) is 0.397. The minimum absolute atomic E-state index is 0.145. The van der Waals surface area contributed by atoms with E-state index in [2.05, 4.69) is 20.6 Å². The summed E-state index contributed by atoms with van der Waals surface area (Å²) in [5.41, 5.74) is 3.59. The number of hydrogen-bond donors (Lipinski definition) is 2. The summed E-state index contributed by atoms with van der Waals surface area (Å²) in [6, 6.07) is 18.2. The van der Waals surface area contributed by atoms with Crippen molar-refractivity contribution < 1.29 is 4.79 Å². The SMILES string of the molecule is CNC1CCN(c2ccc(NC(=O)c3cc4c(C)nn(-c5ccccc5)c4s3)cc2Cl)CC1. The van der Waals surface area contributed by atoms with E-state index in [-0.39, 0.29) is 5.91 Å². The van der Waals surface area contributed by atoms with Gasteiger partial charge in [-0.25, -0.2) is 4.68 Å². The Balaban J connectivity index is 1.34. The molecule has 4 aromatic rings. The minimum Gasteiger partial charge on any atom is -0.370 e. The first-order chi connectivity index (χ1) is 16.0. The number of aryl methyl sites for hydroxylation is 1. The Morgan fingerprint density at radius 1 is 1.12 bits per heavy atom. The van der Waals surface area contributed by atoms with Crippen molar-refractivity contribution in [2.75, 3.05) is 30.4 Å². The van der Waals surface area contributed by atoms with Gasteiger partial charge in [0.05, 0.1) is 27.0 Å². The Kier molecular flexibility index (Phi) is 6.10. The zero-order valence-corrected chi connectivity index (χ0v) is 20.2. The number of rotatable bonds is 5. The van der Waals surface area contributed by atoms with Crippen molar-refractivity contribution in [2.24, 2.45) is 0 Å². The highest BCUT2D eigenvalue weighted by Gasteiger charge is 2.21. The van der Waals surface area contributed by atoms with Crippen molar-refractivity contribution in [3.05, 3.63) is 70.2 Å². The first-order valence-electron chi connectivity index (χ1n) is 11.1. The number of nitrogens with zero attached hydrogens (tertiary/aromatic N) is 3. The van der Waals surface area contributed by atoms with Crippen molar-refractivity contribution in [3.63, 3.8) is 0 Å². The Morgan fingerprint density at radius 2 is 1.88 bits per heavy atom. The van der Waals surface area contributed by atoms with Crippen LogP contribution in [0.3, 0.4) is 0 Å². The molecule has 2 aromatic carbocycles. The number of carbonyl (C=O) groups is 1. The molecule has 0 atom stereocenters. The summed E-state index contributed by atoms with van der Waals surface area (Å²) in [5, 5.41) is 12.7. The molecule has 3 heterocycles. The molecular formula is C25H26ClN5OS. The number of halogens is 1. The van der Waals surface area contributed by atoms with Gasteiger partial charge in [-0.3, -0.25) is 4.79 Å². The molecular weight excluding hydrogens is 454 g/mol. The molecule has 0 radical (unpaired) electrons. The van der Waals surface area contributed by atoms with Crippen LogP contribution in [0.5, 0.6) is 0 Å². The van der Waals surface area contributed by atoms with Crippen LogP contribution in [0.25, 0.3) is 15.9 Å². The summed E-state index contributed by atoms with van der Waals surface area (Å²) in [7, 11) is 2.01. The summed E-state index contributed by atoms with van der Waals surface area (Å²) in [6.45, 7) is 3.90. The third-order valence-corrected chi connectivity index (χ3v) is 7.63. The average Bonchev–Trinajstić information content (AvgIpc) is 3.41. The van der Waals surface area contributed by atoms with Crippen LogP contribution in [0.2, 0.25) is 5.02 Å². The number of thiophene rings is 1. The van der Waals surface area contributed by atoms with Gasteiger partial charge in [0.15, 0.2) is 0 Å². The van der Waals surface area contributed by atoms with Gasteiger partial charge in [-0.2, -0.15) is 5.10 Å². The van der Waals surface area contributed by atoms with Gasteiger partial charge in [0.25, 0.3) is 5.91 Å². The van der Waals surface area contributed by atoms with Gasteiger partial charge >= 0.3 is 0 Å². The normalized spacial score (nSPS) is 14.7. The Morgan fingerprint density at radius 3 is 2.58 bits per heavy atom. The van der Waals surface area contributed by atoms with E-state index in [1.807, 2.05) is 73.3 Å². The molecule has 2 aromatic heterocycles. The van der Waals surface area contributed by atoms with E-state index in [1.54, 1.807) is 0 Å². The van der Waals surface area contributed by atoms with Crippen LogP contribution in [-0.2, 0) is 0 Å². The molecule has 33 heavy (non-hydrogen) atoms. The Hall–Kier alpha value is -2.87. The lowest BCUT2D eigenvalue weighted by Gasteiger charge is -2.34. The van der Waals surface area contributed by atoms with Crippen molar-refractivity contribution in [3.8, 4) is 5.69 Å². The van der Waals surface area contributed by atoms with Crippen LogP contribution in [0.15, 0.2) is 54.6 Å². The monoisotopic (exact) mass is 479 g/mol.